The van der Waals surface area contributed by atoms with E-state index in [9.17, 15) is 23.8 Å². The van der Waals surface area contributed by atoms with Crippen LogP contribution in [0.3, 0.4) is 0 Å². The third kappa shape index (κ3) is 36.9. The van der Waals surface area contributed by atoms with E-state index in [1.54, 1.807) is 0 Å². The lowest BCUT2D eigenvalue weighted by molar-refractivity contribution is -0.161. The fraction of sp³-hybridized carbons (Fsp3) is 0.833. The van der Waals surface area contributed by atoms with Gasteiger partial charge in [0, 0.05) is 12.8 Å². The fourth-order valence-corrected chi connectivity index (χ4v) is 6.54. The van der Waals surface area contributed by atoms with Crippen LogP contribution in [0.25, 0.3) is 0 Å². The number of carbonyl (C=O) groups excluding carboxylic acids is 2. The second kappa shape index (κ2) is 37.9. The summed E-state index contributed by atoms with van der Waals surface area (Å²) >= 11 is 0. The molecule has 0 aliphatic rings. The zero-order valence-corrected chi connectivity index (χ0v) is 35.0. The van der Waals surface area contributed by atoms with Gasteiger partial charge in [-0.3, -0.25) is 23.4 Å². The molecule has 0 aromatic carbocycles. The smallest absolute Gasteiger partial charge is 0.472 e. The molecule has 0 saturated heterocycles. The molecule has 12 heteroatoms. The molecule has 0 aliphatic carbocycles. The number of ether oxygens (including phenoxy) is 2. The van der Waals surface area contributed by atoms with Gasteiger partial charge in [0.25, 0.3) is 0 Å². The van der Waals surface area contributed by atoms with Crippen LogP contribution in [0.15, 0.2) is 24.3 Å². The highest BCUT2D eigenvalue weighted by atomic mass is 31.2. The number of aliphatic carboxylic acids is 1. The maximum atomic E-state index is 12.6. The van der Waals surface area contributed by atoms with E-state index in [0.717, 1.165) is 77.0 Å². The molecule has 0 rings (SSSR count). The van der Waals surface area contributed by atoms with Crippen molar-refractivity contribution in [2.75, 3.05) is 19.8 Å². The third-order valence-electron chi connectivity index (χ3n) is 9.17. The Kier molecular flexibility index (Phi) is 36.4. The highest BCUT2D eigenvalue weighted by Crippen LogP contribution is 2.43. The number of rotatable bonds is 40. The summed E-state index contributed by atoms with van der Waals surface area (Å²) in [5, 5.41) is 8.88. The SMILES string of the molecule is CCCCCCCC/C=C/CCCCCCCC(=O)OCC(COP(=O)(O)OCC(N)C(=O)O)OC(=O)CCCCCCC/C=C/CCCCCCCC. The molecule has 0 radical (unpaired) electrons. The molecule has 0 aromatic rings. The molecule has 0 amide bonds. The zero-order valence-electron chi connectivity index (χ0n) is 34.1. The summed E-state index contributed by atoms with van der Waals surface area (Å²) in [7, 11) is -4.71. The highest BCUT2D eigenvalue weighted by molar-refractivity contribution is 7.47. The van der Waals surface area contributed by atoms with E-state index < -0.39 is 51.1 Å². The number of nitrogens with two attached hydrogens (primary N) is 1. The first-order valence-corrected chi connectivity index (χ1v) is 22.9. The Labute approximate surface area is 328 Å². The van der Waals surface area contributed by atoms with Crippen LogP contribution in [0.4, 0.5) is 0 Å². The minimum absolute atomic E-state index is 0.151. The molecule has 11 nitrogen and oxygen atoms in total. The number of carboxylic acids is 1. The first-order chi connectivity index (χ1) is 26.1. The molecular formula is C42H78NO10P. The lowest BCUT2D eigenvalue weighted by Gasteiger charge is -2.20. The number of esters is 2. The molecule has 0 saturated carbocycles. The standard InChI is InChI=1S/C42H78NO10P/c1-3-5-7-9-11-13-15-17-19-21-23-25-27-29-31-33-40(44)50-35-38(36-51-54(48,49)52-37-39(43)42(46)47)53-41(45)34-32-30-28-26-24-22-20-18-16-14-12-10-8-6-4-2/h17-20,38-39H,3-16,21-37,43H2,1-2H3,(H,46,47)(H,48,49)/b19-17+,20-18+. The average molecular weight is 788 g/mol. The molecule has 0 aliphatic heterocycles. The number of carbonyl (C=O) groups is 3. The molecule has 54 heavy (non-hydrogen) atoms. The van der Waals surface area contributed by atoms with Crippen LogP contribution >= 0.6 is 7.82 Å². The van der Waals surface area contributed by atoms with E-state index in [0.29, 0.717) is 12.8 Å². The number of hydrogen-bond donors (Lipinski definition) is 3. The van der Waals surface area contributed by atoms with E-state index >= 15 is 0 Å². The van der Waals surface area contributed by atoms with E-state index in [1.807, 2.05) is 0 Å². The highest BCUT2D eigenvalue weighted by Gasteiger charge is 2.28. The van der Waals surface area contributed by atoms with Gasteiger partial charge in [0.2, 0.25) is 0 Å². The number of unbranched alkanes of at least 4 members (excludes halogenated alkanes) is 22. The third-order valence-corrected chi connectivity index (χ3v) is 10.1. The van der Waals surface area contributed by atoms with Gasteiger partial charge >= 0.3 is 25.7 Å². The second-order valence-electron chi connectivity index (χ2n) is 14.5. The lowest BCUT2D eigenvalue weighted by Crippen LogP contribution is -2.34. The zero-order chi connectivity index (χ0) is 40.0. The summed E-state index contributed by atoms with van der Waals surface area (Å²) in [6.07, 6.45) is 38.1. The van der Waals surface area contributed by atoms with Crippen molar-refractivity contribution in [1.82, 2.24) is 0 Å². The van der Waals surface area contributed by atoms with Crippen molar-refractivity contribution >= 4 is 25.7 Å². The second-order valence-corrected chi connectivity index (χ2v) is 15.9. The van der Waals surface area contributed by atoms with E-state index in [2.05, 4.69) is 42.7 Å². The van der Waals surface area contributed by atoms with Gasteiger partial charge in [0.1, 0.15) is 12.6 Å². The first-order valence-electron chi connectivity index (χ1n) is 21.4. The maximum Gasteiger partial charge on any atom is 0.472 e. The normalized spacial score (nSPS) is 14.0. The first kappa shape index (κ1) is 52.0. The average Bonchev–Trinajstić information content (AvgIpc) is 3.14. The molecule has 0 heterocycles. The summed E-state index contributed by atoms with van der Waals surface area (Å²) in [5.41, 5.74) is 5.33. The van der Waals surface area contributed by atoms with Crippen LogP contribution in [-0.2, 0) is 37.5 Å². The monoisotopic (exact) mass is 788 g/mol. The predicted molar refractivity (Wildman–Crippen MR) is 217 cm³/mol. The predicted octanol–water partition coefficient (Wildman–Crippen LogP) is 11.1. The van der Waals surface area contributed by atoms with Crippen LogP contribution in [0.2, 0.25) is 0 Å². The van der Waals surface area contributed by atoms with Gasteiger partial charge in [0.15, 0.2) is 6.10 Å². The van der Waals surface area contributed by atoms with E-state index in [-0.39, 0.29) is 19.4 Å². The molecule has 3 unspecified atom stereocenters. The van der Waals surface area contributed by atoms with Gasteiger partial charge in [-0.05, 0) is 64.2 Å². The van der Waals surface area contributed by atoms with Gasteiger partial charge in [-0.1, -0.05) is 141 Å². The topological polar surface area (TPSA) is 172 Å². The Balaban J connectivity index is 4.40. The Bertz CT molecular complexity index is 1020. The van der Waals surface area contributed by atoms with Gasteiger partial charge in [0.05, 0.1) is 13.2 Å². The maximum absolute atomic E-state index is 12.6. The molecule has 316 valence electrons. The van der Waals surface area contributed by atoms with Crippen molar-refractivity contribution in [2.24, 2.45) is 5.73 Å². The Morgan fingerprint density at radius 2 is 0.926 bits per heavy atom. The minimum Gasteiger partial charge on any atom is -0.480 e. The van der Waals surface area contributed by atoms with Crippen molar-refractivity contribution in [3.05, 3.63) is 24.3 Å². The van der Waals surface area contributed by atoms with Crippen LogP contribution in [-0.4, -0.2) is 59.9 Å². The summed E-state index contributed by atoms with van der Waals surface area (Å²) in [5.74, 6) is -2.39. The van der Waals surface area contributed by atoms with Crippen LogP contribution in [0.5, 0.6) is 0 Å². The largest absolute Gasteiger partial charge is 0.480 e. The molecule has 0 fully saturated rings. The van der Waals surface area contributed by atoms with Crippen LogP contribution < -0.4 is 5.73 Å². The summed E-state index contributed by atoms with van der Waals surface area (Å²) < 4.78 is 32.6. The summed E-state index contributed by atoms with van der Waals surface area (Å²) in [6, 6.07) is -1.52. The number of hydrogen-bond acceptors (Lipinski definition) is 9. The van der Waals surface area contributed by atoms with Crippen LogP contribution in [0, 0.1) is 0 Å². The number of carboxylic acid groups (broad SMARTS) is 1. The van der Waals surface area contributed by atoms with Crippen LogP contribution in [0.1, 0.15) is 194 Å². The minimum atomic E-state index is -4.71. The lowest BCUT2D eigenvalue weighted by atomic mass is 10.1. The molecule has 3 atom stereocenters. The molecule has 0 spiro atoms. The number of phosphoric acid groups is 1. The summed E-state index contributed by atoms with van der Waals surface area (Å²) in [6.45, 7) is 2.78. The van der Waals surface area contributed by atoms with Gasteiger partial charge in [-0.15, -0.1) is 0 Å². The van der Waals surface area contributed by atoms with Crippen molar-refractivity contribution in [1.29, 1.82) is 0 Å². The molecule has 0 bridgehead atoms. The Morgan fingerprint density at radius 1 is 0.556 bits per heavy atom. The van der Waals surface area contributed by atoms with Crippen molar-refractivity contribution in [2.45, 2.75) is 206 Å². The Hall–Kier alpha value is -2.04. The van der Waals surface area contributed by atoms with E-state index in [4.69, 9.17) is 24.8 Å². The van der Waals surface area contributed by atoms with Crippen molar-refractivity contribution in [3.8, 4) is 0 Å². The molecule has 0 aromatic heterocycles. The van der Waals surface area contributed by atoms with Crippen molar-refractivity contribution < 1.29 is 47.5 Å². The fourth-order valence-electron chi connectivity index (χ4n) is 5.76. The molecule has 4 N–H and O–H groups in total. The van der Waals surface area contributed by atoms with Gasteiger partial charge in [-0.2, -0.15) is 0 Å². The number of phosphoric ester groups is 1. The Morgan fingerprint density at radius 3 is 1.35 bits per heavy atom. The quantitative estimate of drug-likeness (QED) is 0.0233. The number of allylic oxidation sites excluding steroid dienone is 4. The van der Waals surface area contributed by atoms with E-state index in [1.165, 1.54) is 77.0 Å². The van der Waals surface area contributed by atoms with Gasteiger partial charge in [-0.25, -0.2) is 4.57 Å². The van der Waals surface area contributed by atoms with Crippen molar-refractivity contribution in [3.63, 3.8) is 0 Å². The van der Waals surface area contributed by atoms with Gasteiger partial charge < -0.3 is 25.2 Å². The molecular weight excluding hydrogens is 709 g/mol. The summed E-state index contributed by atoms with van der Waals surface area (Å²) in [4.78, 5) is 45.9.